The predicted octanol–water partition coefficient (Wildman–Crippen LogP) is 4.35. The van der Waals surface area contributed by atoms with Gasteiger partial charge in [-0.05, 0) is 38.5 Å². The Morgan fingerprint density at radius 1 is 1.00 bits per heavy atom. The van der Waals surface area contributed by atoms with Gasteiger partial charge in [0.2, 0.25) is 0 Å². The summed E-state index contributed by atoms with van der Waals surface area (Å²) in [5, 5.41) is 2.39. The quantitative estimate of drug-likeness (QED) is 0.719. The molecule has 0 saturated carbocycles. The summed E-state index contributed by atoms with van der Waals surface area (Å²) in [7, 11) is 0. The van der Waals surface area contributed by atoms with Crippen LogP contribution in [0.2, 0.25) is 0 Å². The summed E-state index contributed by atoms with van der Waals surface area (Å²) < 4.78 is 2.10. The number of hydrogen-bond acceptors (Lipinski definition) is 2. The van der Waals surface area contributed by atoms with Crippen molar-refractivity contribution in [3.63, 3.8) is 0 Å². The Kier molecular flexibility index (Phi) is 3.01. The van der Waals surface area contributed by atoms with Crippen molar-refractivity contribution in [3.8, 4) is 11.3 Å². The van der Waals surface area contributed by atoms with Crippen LogP contribution in [0.3, 0.4) is 0 Å². The van der Waals surface area contributed by atoms with Crippen LogP contribution in [-0.2, 0) is 5.54 Å². The highest BCUT2D eigenvalue weighted by molar-refractivity contribution is 5.97. The van der Waals surface area contributed by atoms with E-state index in [9.17, 15) is 0 Å². The number of rotatable bonds is 1. The molecular weight excluding hydrogens is 258 g/mol. The molecule has 108 valence electrons. The van der Waals surface area contributed by atoms with Gasteiger partial charge < -0.3 is 10.3 Å². The van der Waals surface area contributed by atoms with Crippen LogP contribution >= 0.6 is 0 Å². The molecule has 0 bridgehead atoms. The Hall–Kier alpha value is -2.29. The zero-order valence-corrected chi connectivity index (χ0v) is 13.0. The van der Waals surface area contributed by atoms with E-state index >= 15 is 0 Å². The Balaban J connectivity index is 2.30. The number of benzene rings is 2. The van der Waals surface area contributed by atoms with E-state index < -0.39 is 0 Å². The van der Waals surface area contributed by atoms with Crippen molar-refractivity contribution >= 4 is 16.6 Å². The molecule has 1 heterocycles. The molecule has 0 spiro atoms. The van der Waals surface area contributed by atoms with Crippen LogP contribution in [0.25, 0.3) is 22.0 Å². The van der Waals surface area contributed by atoms with Crippen molar-refractivity contribution in [2.45, 2.75) is 33.2 Å². The number of nitrogen functional groups attached to an aromatic ring is 1. The molecule has 0 radical (unpaired) electrons. The molecule has 2 aromatic carbocycles. The number of aryl methyl sites for hydroxylation is 1. The highest BCUT2D eigenvalue weighted by atomic mass is 15.2. The van der Waals surface area contributed by atoms with Gasteiger partial charge in [-0.1, -0.05) is 42.5 Å². The number of imidazole rings is 1. The highest BCUT2D eigenvalue weighted by Gasteiger charge is 2.23. The average Bonchev–Trinajstić information content (AvgIpc) is 2.73. The van der Waals surface area contributed by atoms with Gasteiger partial charge in [-0.2, -0.15) is 0 Å². The lowest BCUT2D eigenvalue weighted by atomic mass is 10.0. The minimum absolute atomic E-state index is 0.0794. The standard InChI is InChI=1S/C18H21N3/c1-12-20-16(17(19)21(12)18(2,3)4)15-11-7-9-13-8-5-6-10-14(13)15/h5-11H,19H2,1-4H3. The summed E-state index contributed by atoms with van der Waals surface area (Å²) in [5.41, 5.74) is 8.30. The Morgan fingerprint density at radius 2 is 1.67 bits per heavy atom. The summed E-state index contributed by atoms with van der Waals surface area (Å²) in [4.78, 5) is 4.73. The van der Waals surface area contributed by atoms with E-state index in [1.807, 2.05) is 6.92 Å². The Bertz CT molecular complexity index is 802. The van der Waals surface area contributed by atoms with Gasteiger partial charge in [0.15, 0.2) is 0 Å². The number of hydrogen-bond donors (Lipinski definition) is 1. The third-order valence-corrected chi connectivity index (χ3v) is 3.80. The molecular formula is C18H21N3. The fraction of sp³-hybridized carbons (Fsp3) is 0.278. The molecule has 3 nitrogen and oxygen atoms in total. The zero-order valence-electron chi connectivity index (χ0n) is 13.0. The monoisotopic (exact) mass is 279 g/mol. The first-order valence-electron chi connectivity index (χ1n) is 7.23. The van der Waals surface area contributed by atoms with Crippen LogP contribution < -0.4 is 5.73 Å². The average molecular weight is 279 g/mol. The Morgan fingerprint density at radius 3 is 2.33 bits per heavy atom. The predicted molar refractivity (Wildman–Crippen MR) is 89.3 cm³/mol. The first kappa shape index (κ1) is 13.7. The van der Waals surface area contributed by atoms with Gasteiger partial charge in [-0.3, -0.25) is 0 Å². The van der Waals surface area contributed by atoms with Crippen molar-refractivity contribution in [1.29, 1.82) is 0 Å². The lowest BCUT2D eigenvalue weighted by Crippen LogP contribution is -2.24. The molecule has 3 heteroatoms. The number of aromatic nitrogens is 2. The largest absolute Gasteiger partial charge is 0.383 e. The molecule has 0 unspecified atom stereocenters. The van der Waals surface area contributed by atoms with Crippen LogP contribution in [0.5, 0.6) is 0 Å². The van der Waals surface area contributed by atoms with E-state index in [4.69, 9.17) is 10.7 Å². The van der Waals surface area contributed by atoms with Crippen molar-refractivity contribution in [2.24, 2.45) is 0 Å². The van der Waals surface area contributed by atoms with Gasteiger partial charge in [-0.25, -0.2) is 4.98 Å². The van der Waals surface area contributed by atoms with Gasteiger partial charge >= 0.3 is 0 Å². The molecule has 0 atom stereocenters. The van der Waals surface area contributed by atoms with Crippen molar-refractivity contribution in [3.05, 3.63) is 48.3 Å². The summed E-state index contributed by atoms with van der Waals surface area (Å²) in [6, 6.07) is 14.6. The molecule has 1 aromatic heterocycles. The van der Waals surface area contributed by atoms with Gasteiger partial charge in [0.1, 0.15) is 17.3 Å². The van der Waals surface area contributed by atoms with Crippen LogP contribution in [0.1, 0.15) is 26.6 Å². The zero-order chi connectivity index (χ0) is 15.2. The fourth-order valence-electron chi connectivity index (χ4n) is 3.03. The molecule has 0 fully saturated rings. The van der Waals surface area contributed by atoms with Crippen LogP contribution in [0.15, 0.2) is 42.5 Å². The van der Waals surface area contributed by atoms with Gasteiger partial charge in [0, 0.05) is 11.1 Å². The smallest absolute Gasteiger partial charge is 0.132 e. The number of anilines is 1. The molecule has 0 aliphatic rings. The summed E-state index contributed by atoms with van der Waals surface area (Å²) in [6.07, 6.45) is 0. The van der Waals surface area contributed by atoms with Gasteiger partial charge in [0.05, 0.1) is 0 Å². The van der Waals surface area contributed by atoms with Gasteiger partial charge in [0.25, 0.3) is 0 Å². The minimum Gasteiger partial charge on any atom is -0.383 e. The highest BCUT2D eigenvalue weighted by Crippen LogP contribution is 2.34. The minimum atomic E-state index is -0.0794. The summed E-state index contributed by atoms with van der Waals surface area (Å²) >= 11 is 0. The van der Waals surface area contributed by atoms with E-state index in [-0.39, 0.29) is 5.54 Å². The number of nitrogens with zero attached hydrogens (tertiary/aromatic N) is 2. The first-order chi connectivity index (χ1) is 9.89. The van der Waals surface area contributed by atoms with Crippen LogP contribution in [0, 0.1) is 6.92 Å². The second-order valence-electron chi connectivity index (χ2n) is 6.43. The molecule has 2 N–H and O–H groups in total. The Labute approximate surface area is 125 Å². The van der Waals surface area contributed by atoms with Crippen molar-refractivity contribution in [1.82, 2.24) is 9.55 Å². The SMILES string of the molecule is Cc1nc(-c2cccc3ccccc23)c(N)n1C(C)(C)C. The molecule has 3 aromatic rings. The topological polar surface area (TPSA) is 43.8 Å². The number of nitrogens with two attached hydrogens (primary N) is 1. The molecule has 0 aliphatic heterocycles. The maximum absolute atomic E-state index is 6.41. The molecule has 0 saturated heterocycles. The van der Waals surface area contributed by atoms with Crippen LogP contribution in [-0.4, -0.2) is 9.55 Å². The second-order valence-corrected chi connectivity index (χ2v) is 6.43. The maximum Gasteiger partial charge on any atom is 0.132 e. The molecule has 0 aliphatic carbocycles. The normalized spacial score (nSPS) is 12.0. The third kappa shape index (κ3) is 2.19. The van der Waals surface area contributed by atoms with E-state index in [1.165, 1.54) is 10.8 Å². The molecule has 21 heavy (non-hydrogen) atoms. The van der Waals surface area contributed by atoms with E-state index in [1.54, 1.807) is 0 Å². The van der Waals surface area contributed by atoms with E-state index in [0.29, 0.717) is 0 Å². The lowest BCUT2D eigenvalue weighted by molar-refractivity contribution is 0.393. The summed E-state index contributed by atoms with van der Waals surface area (Å²) in [6.45, 7) is 8.44. The van der Waals surface area contributed by atoms with E-state index in [2.05, 4.69) is 67.8 Å². The second kappa shape index (κ2) is 4.62. The fourth-order valence-corrected chi connectivity index (χ4v) is 3.03. The third-order valence-electron chi connectivity index (χ3n) is 3.80. The summed E-state index contributed by atoms with van der Waals surface area (Å²) in [5.74, 6) is 1.68. The van der Waals surface area contributed by atoms with E-state index in [0.717, 1.165) is 22.9 Å². The first-order valence-corrected chi connectivity index (χ1v) is 7.23. The molecule has 0 amide bonds. The maximum atomic E-state index is 6.41. The number of fused-ring (bicyclic) bond motifs is 1. The molecule has 3 rings (SSSR count). The van der Waals surface area contributed by atoms with Crippen molar-refractivity contribution < 1.29 is 0 Å². The lowest BCUT2D eigenvalue weighted by Gasteiger charge is -2.24. The van der Waals surface area contributed by atoms with Crippen molar-refractivity contribution in [2.75, 3.05) is 5.73 Å². The van der Waals surface area contributed by atoms with Gasteiger partial charge in [-0.15, -0.1) is 0 Å². The van der Waals surface area contributed by atoms with Crippen LogP contribution in [0.4, 0.5) is 5.82 Å².